The highest BCUT2D eigenvalue weighted by Crippen LogP contribution is 2.78. The van der Waals surface area contributed by atoms with E-state index in [4.69, 9.17) is 4.74 Å². The van der Waals surface area contributed by atoms with Crippen LogP contribution in [0.5, 0.6) is 0 Å². The maximum absolute atomic E-state index is 13.0. The van der Waals surface area contributed by atoms with Crippen molar-refractivity contribution in [3.63, 3.8) is 0 Å². The maximum Gasteiger partial charge on any atom is 0.309 e. The smallest absolute Gasteiger partial charge is 0.309 e. The molecule has 12 atom stereocenters. The normalized spacial score (nSPS) is 51.9. The predicted molar refractivity (Wildman–Crippen MR) is 167 cm³/mol. The van der Waals surface area contributed by atoms with Gasteiger partial charge < -0.3 is 9.84 Å². The molecule has 0 aromatic heterocycles. The van der Waals surface area contributed by atoms with Crippen LogP contribution in [-0.4, -0.2) is 37.6 Å². The van der Waals surface area contributed by atoms with Crippen molar-refractivity contribution >= 4 is 59.7 Å². The highest BCUT2D eigenvalue weighted by molar-refractivity contribution is 9.12. The first-order chi connectivity index (χ1) is 17.9. The summed E-state index contributed by atoms with van der Waals surface area (Å²) in [6, 6.07) is 0. The number of aliphatic carboxylic acids is 1. The molecule has 6 unspecified atom stereocenters. The molecule has 39 heavy (non-hydrogen) atoms. The zero-order chi connectivity index (χ0) is 29.0. The number of rotatable bonds is 4. The summed E-state index contributed by atoms with van der Waals surface area (Å²) in [7, 11) is 0. The van der Waals surface area contributed by atoms with E-state index in [-0.39, 0.29) is 48.8 Å². The molecule has 0 aliphatic heterocycles. The van der Waals surface area contributed by atoms with Crippen LogP contribution < -0.4 is 0 Å². The highest BCUT2D eigenvalue weighted by Gasteiger charge is 2.73. The third-order valence-corrected chi connectivity index (χ3v) is 17.6. The molecule has 5 saturated carbocycles. The molecule has 7 heteroatoms. The number of alkyl halides is 3. The van der Waals surface area contributed by atoms with Gasteiger partial charge in [-0.3, -0.25) is 9.59 Å². The minimum atomic E-state index is -0.582. The Kier molecular flexibility index (Phi) is 7.66. The van der Waals surface area contributed by atoms with Gasteiger partial charge in [0.25, 0.3) is 0 Å². The van der Waals surface area contributed by atoms with Crippen molar-refractivity contribution in [3.8, 4) is 0 Å². The Morgan fingerprint density at radius 3 is 2.21 bits per heavy atom. The quantitative estimate of drug-likeness (QED) is 0.231. The fraction of sp³-hybridized carbons (Fsp3) is 0.938. The fourth-order valence-electron chi connectivity index (χ4n) is 12.2. The molecule has 5 aliphatic carbocycles. The van der Waals surface area contributed by atoms with Crippen LogP contribution in [-0.2, 0) is 14.3 Å². The van der Waals surface area contributed by atoms with Crippen LogP contribution in [0, 0.1) is 56.7 Å². The number of halogens is 3. The van der Waals surface area contributed by atoms with E-state index in [1.54, 1.807) is 0 Å². The Labute approximate surface area is 261 Å². The monoisotopic (exact) mass is 734 g/mol. The second-order valence-corrected chi connectivity index (χ2v) is 19.3. The van der Waals surface area contributed by atoms with E-state index in [9.17, 15) is 14.7 Å². The van der Waals surface area contributed by atoms with Gasteiger partial charge in [-0.2, -0.15) is 0 Å². The molecule has 0 aromatic rings. The number of hydrogen-bond acceptors (Lipinski definition) is 3. The van der Waals surface area contributed by atoms with Gasteiger partial charge in [0.1, 0.15) is 6.10 Å². The van der Waals surface area contributed by atoms with Crippen LogP contribution in [0.4, 0.5) is 0 Å². The van der Waals surface area contributed by atoms with Crippen LogP contribution in [0.25, 0.3) is 0 Å². The first-order valence-corrected chi connectivity index (χ1v) is 18.0. The molecular weight excluding hydrogens is 688 g/mol. The maximum atomic E-state index is 13.0. The molecule has 4 nitrogen and oxygen atoms in total. The number of ether oxygens (including phenoxy) is 1. The summed E-state index contributed by atoms with van der Waals surface area (Å²) in [5, 5.41) is 11.6. The summed E-state index contributed by atoms with van der Waals surface area (Å²) in [6.45, 7) is 16.2. The minimum Gasteiger partial charge on any atom is -0.481 e. The highest BCUT2D eigenvalue weighted by atomic mass is 79.9. The second kappa shape index (κ2) is 9.69. The first-order valence-electron chi connectivity index (χ1n) is 15.2. The van der Waals surface area contributed by atoms with Crippen LogP contribution in [0.2, 0.25) is 0 Å². The van der Waals surface area contributed by atoms with Gasteiger partial charge >= 0.3 is 11.9 Å². The van der Waals surface area contributed by atoms with E-state index in [1.807, 2.05) is 0 Å². The van der Waals surface area contributed by atoms with Crippen molar-refractivity contribution in [3.05, 3.63) is 0 Å². The molecule has 0 radical (unpaired) electrons. The van der Waals surface area contributed by atoms with Crippen molar-refractivity contribution in [2.24, 2.45) is 56.7 Å². The summed E-state index contributed by atoms with van der Waals surface area (Å²) < 4.78 is 5.86. The standard InChI is InChI=1S/C32H49Br3O4/c1-18(36)39-25-21(34)16-28(4)22(27(25,2)3)11-12-30(6)23(28)9-8-19-24-20(31(7,35)17-33)10-13-32(24,26(37)38)15-14-29(19,30)5/h19-25H,8-17H2,1-7H3,(H,37,38)/t19?,20-,21?,22?,23?,24?,25+,28+,29-,30-,31?,32+/m1/s1. The van der Waals surface area contributed by atoms with Gasteiger partial charge in [-0.05, 0) is 111 Å². The third-order valence-electron chi connectivity index (χ3n) is 14.0. The number of hydrogen-bond donors (Lipinski definition) is 1. The van der Waals surface area contributed by atoms with E-state index in [0.717, 1.165) is 50.3 Å². The van der Waals surface area contributed by atoms with Crippen molar-refractivity contribution in [2.75, 3.05) is 5.33 Å². The number of carboxylic acid groups (broad SMARTS) is 1. The fourth-order valence-corrected chi connectivity index (χ4v) is 14.6. The molecular formula is C32H49Br3O4. The lowest BCUT2D eigenvalue weighted by Crippen LogP contribution is -2.68. The second-order valence-electron chi connectivity index (χ2n) is 15.8. The average molecular weight is 737 g/mol. The van der Waals surface area contributed by atoms with Gasteiger partial charge in [-0.1, -0.05) is 82.4 Å². The number of esters is 1. The van der Waals surface area contributed by atoms with Crippen LogP contribution in [0.15, 0.2) is 0 Å². The minimum absolute atomic E-state index is 0.100. The van der Waals surface area contributed by atoms with Crippen LogP contribution in [0.3, 0.4) is 0 Å². The van der Waals surface area contributed by atoms with Gasteiger partial charge in [-0.25, -0.2) is 0 Å². The molecule has 0 spiro atoms. The van der Waals surface area contributed by atoms with E-state index in [1.165, 1.54) is 19.8 Å². The molecule has 222 valence electrons. The molecule has 1 N–H and O–H groups in total. The Hall–Kier alpha value is 0.380. The van der Waals surface area contributed by atoms with Gasteiger partial charge in [0, 0.05) is 22.0 Å². The van der Waals surface area contributed by atoms with Gasteiger partial charge in [0.15, 0.2) is 0 Å². The van der Waals surface area contributed by atoms with Crippen LogP contribution >= 0.6 is 47.8 Å². The Balaban J connectivity index is 1.55. The van der Waals surface area contributed by atoms with Crippen LogP contribution in [0.1, 0.15) is 106 Å². The van der Waals surface area contributed by atoms with E-state index >= 15 is 0 Å². The molecule has 0 aromatic carbocycles. The molecule has 5 aliphatic rings. The third kappa shape index (κ3) is 4.09. The van der Waals surface area contributed by atoms with Gasteiger partial charge in [0.05, 0.1) is 10.2 Å². The Morgan fingerprint density at radius 2 is 1.62 bits per heavy atom. The van der Waals surface area contributed by atoms with E-state index < -0.39 is 11.4 Å². The van der Waals surface area contributed by atoms with Crippen molar-refractivity contribution in [1.82, 2.24) is 0 Å². The summed E-state index contributed by atoms with van der Waals surface area (Å²) in [4.78, 5) is 25.2. The lowest BCUT2D eigenvalue weighted by atomic mass is 9.32. The lowest BCUT2D eigenvalue weighted by Gasteiger charge is -2.73. The van der Waals surface area contributed by atoms with Crippen molar-refractivity contribution < 1.29 is 19.4 Å². The molecule has 0 amide bonds. The first kappa shape index (κ1) is 30.8. The summed E-state index contributed by atoms with van der Waals surface area (Å²) >= 11 is 11.9. The molecule has 0 heterocycles. The van der Waals surface area contributed by atoms with Gasteiger partial charge in [-0.15, -0.1) is 0 Å². The zero-order valence-electron chi connectivity index (χ0n) is 24.9. The SMILES string of the molecule is CC(=O)O[C@H]1C(Br)C[C@@]2(C)C(CC[C@]3(C)C2CCC2C4[C@H](C(C)(Br)CBr)CC[C@]4(C(=O)O)CC[C@]23C)C1(C)C. The van der Waals surface area contributed by atoms with Gasteiger partial charge in [0.2, 0.25) is 0 Å². The molecule has 5 rings (SSSR count). The Bertz CT molecular complexity index is 1030. The van der Waals surface area contributed by atoms with Crippen molar-refractivity contribution in [1.29, 1.82) is 0 Å². The van der Waals surface area contributed by atoms with E-state index in [2.05, 4.69) is 89.3 Å². The molecule has 5 fully saturated rings. The number of carbonyl (C=O) groups excluding carboxylic acids is 1. The summed E-state index contributed by atoms with van der Waals surface area (Å²) in [5.41, 5.74) is -0.272. The van der Waals surface area contributed by atoms with Crippen molar-refractivity contribution in [2.45, 2.75) is 122 Å². The summed E-state index contributed by atoms with van der Waals surface area (Å²) in [6.07, 6.45) is 9.16. The number of carboxylic acids is 1. The largest absolute Gasteiger partial charge is 0.481 e. The topological polar surface area (TPSA) is 63.6 Å². The summed E-state index contributed by atoms with van der Waals surface area (Å²) in [5.74, 6) is 1.32. The molecule has 0 saturated heterocycles. The lowest BCUT2D eigenvalue weighted by molar-refractivity contribution is -0.249. The average Bonchev–Trinajstić information content (AvgIpc) is 3.24. The molecule has 0 bridgehead atoms. The number of fused-ring (bicyclic) bond motifs is 7. The number of carbonyl (C=O) groups is 2. The zero-order valence-corrected chi connectivity index (χ0v) is 29.7. The van der Waals surface area contributed by atoms with E-state index in [0.29, 0.717) is 23.7 Å². The Morgan fingerprint density at radius 1 is 0.949 bits per heavy atom. The predicted octanol–water partition coefficient (Wildman–Crippen LogP) is 9.01.